The fourth-order valence-electron chi connectivity index (χ4n) is 4.62. The van der Waals surface area contributed by atoms with Crippen LogP contribution >= 0.6 is 27.5 Å². The maximum atomic E-state index is 13.5. The summed E-state index contributed by atoms with van der Waals surface area (Å²) in [7, 11) is 1.59. The summed E-state index contributed by atoms with van der Waals surface area (Å²) in [6.45, 7) is 1.46. The highest BCUT2D eigenvalue weighted by molar-refractivity contribution is 9.10. The Balaban J connectivity index is 1.77. The molecule has 1 atom stereocenters. The van der Waals surface area contributed by atoms with E-state index in [0.717, 1.165) is 21.0 Å². The van der Waals surface area contributed by atoms with Crippen molar-refractivity contribution in [3.05, 3.63) is 97.7 Å². The van der Waals surface area contributed by atoms with Gasteiger partial charge in [-0.2, -0.15) is 5.10 Å². The Bertz CT molecular complexity index is 1560. The van der Waals surface area contributed by atoms with Crippen LogP contribution in [-0.2, 0) is 4.79 Å². The molecular formula is C27H21BrClN3O3. The lowest BCUT2D eigenvalue weighted by molar-refractivity contribution is -0.130. The van der Waals surface area contributed by atoms with Gasteiger partial charge in [-0.3, -0.25) is 9.59 Å². The van der Waals surface area contributed by atoms with Crippen LogP contribution in [-0.4, -0.2) is 28.7 Å². The molecule has 3 aromatic carbocycles. The Kier molecular flexibility index (Phi) is 6.21. The van der Waals surface area contributed by atoms with Gasteiger partial charge in [-0.1, -0.05) is 63.9 Å². The van der Waals surface area contributed by atoms with Crippen LogP contribution in [0.2, 0.25) is 5.02 Å². The van der Waals surface area contributed by atoms with E-state index in [1.54, 1.807) is 13.2 Å². The van der Waals surface area contributed by atoms with Gasteiger partial charge in [0.05, 0.1) is 24.4 Å². The molecule has 1 amide bonds. The Hall–Kier alpha value is -3.42. The van der Waals surface area contributed by atoms with Gasteiger partial charge >= 0.3 is 0 Å². The van der Waals surface area contributed by atoms with Gasteiger partial charge in [-0.25, -0.2) is 5.01 Å². The highest BCUT2D eigenvalue weighted by Crippen LogP contribution is 2.41. The number of para-hydroxylation sites is 1. The zero-order valence-electron chi connectivity index (χ0n) is 19.0. The number of benzene rings is 3. The SMILES string of the molecule is COc1ccccc1[C@@H]1CC(c2c(-c3ccccc3Cl)c3cc(Br)ccc3[nH]c2=O)=NN1C(C)=O. The quantitative estimate of drug-likeness (QED) is 0.323. The number of nitrogens with one attached hydrogen (secondary N) is 1. The predicted octanol–water partition coefficient (Wildman–Crippen LogP) is 6.32. The Morgan fingerprint density at radius 3 is 2.60 bits per heavy atom. The maximum Gasteiger partial charge on any atom is 0.258 e. The van der Waals surface area contributed by atoms with Crippen molar-refractivity contribution in [2.45, 2.75) is 19.4 Å². The molecule has 1 aliphatic heterocycles. The minimum Gasteiger partial charge on any atom is -0.496 e. The monoisotopic (exact) mass is 549 g/mol. The molecule has 1 aliphatic rings. The highest BCUT2D eigenvalue weighted by atomic mass is 79.9. The number of nitrogens with zero attached hydrogens (tertiary/aromatic N) is 2. The lowest BCUT2D eigenvalue weighted by Gasteiger charge is -2.22. The summed E-state index contributed by atoms with van der Waals surface area (Å²) < 4.78 is 6.41. The number of hydrogen-bond donors (Lipinski definition) is 1. The van der Waals surface area contributed by atoms with Crippen LogP contribution < -0.4 is 10.3 Å². The third kappa shape index (κ3) is 4.15. The molecule has 0 unspecified atom stereocenters. The topological polar surface area (TPSA) is 74.8 Å². The number of hydrazone groups is 1. The molecule has 0 radical (unpaired) electrons. The molecule has 1 aromatic heterocycles. The smallest absolute Gasteiger partial charge is 0.258 e. The molecule has 8 heteroatoms. The molecule has 0 saturated carbocycles. The largest absolute Gasteiger partial charge is 0.496 e. The number of aromatic nitrogens is 1. The maximum absolute atomic E-state index is 13.5. The highest BCUT2D eigenvalue weighted by Gasteiger charge is 2.35. The number of H-pyrrole nitrogens is 1. The van der Waals surface area contributed by atoms with Gasteiger partial charge in [0.25, 0.3) is 5.56 Å². The third-order valence-corrected chi connectivity index (χ3v) is 6.96. The number of carbonyl (C=O) groups excluding carboxylic acids is 1. The van der Waals surface area contributed by atoms with Crippen molar-refractivity contribution in [2.75, 3.05) is 7.11 Å². The van der Waals surface area contributed by atoms with Crippen LogP contribution in [0.25, 0.3) is 22.0 Å². The average Bonchev–Trinajstić information content (AvgIpc) is 3.29. The second-order valence-electron chi connectivity index (χ2n) is 8.25. The average molecular weight is 551 g/mol. The van der Waals surface area contributed by atoms with E-state index < -0.39 is 6.04 Å². The summed E-state index contributed by atoms with van der Waals surface area (Å²) in [6, 6.07) is 20.2. The van der Waals surface area contributed by atoms with Crippen LogP contribution in [0.15, 0.2) is 81.1 Å². The van der Waals surface area contributed by atoms with Crippen LogP contribution in [0.3, 0.4) is 0 Å². The number of ether oxygens (including phenoxy) is 1. The molecule has 2 heterocycles. The number of carbonyl (C=O) groups is 1. The lowest BCUT2D eigenvalue weighted by Crippen LogP contribution is -2.24. The van der Waals surface area contributed by atoms with E-state index in [2.05, 4.69) is 26.0 Å². The molecule has 4 aromatic rings. The second-order valence-corrected chi connectivity index (χ2v) is 9.57. The van der Waals surface area contributed by atoms with Crippen molar-refractivity contribution >= 4 is 50.1 Å². The summed E-state index contributed by atoms with van der Waals surface area (Å²) in [5.74, 6) is 0.429. The fourth-order valence-corrected chi connectivity index (χ4v) is 5.21. The van der Waals surface area contributed by atoms with Crippen molar-refractivity contribution < 1.29 is 9.53 Å². The molecular weight excluding hydrogens is 530 g/mol. The van der Waals surface area contributed by atoms with Crippen molar-refractivity contribution in [1.82, 2.24) is 9.99 Å². The first-order valence-electron chi connectivity index (χ1n) is 11.0. The summed E-state index contributed by atoms with van der Waals surface area (Å²) in [6.07, 6.45) is 0.347. The number of rotatable bonds is 4. The minimum absolute atomic E-state index is 0.227. The van der Waals surface area contributed by atoms with Crippen molar-refractivity contribution in [3.8, 4) is 16.9 Å². The zero-order valence-corrected chi connectivity index (χ0v) is 21.4. The van der Waals surface area contributed by atoms with E-state index in [1.165, 1.54) is 11.9 Å². The number of halogens is 2. The van der Waals surface area contributed by atoms with Crippen molar-refractivity contribution in [1.29, 1.82) is 0 Å². The van der Waals surface area contributed by atoms with Crippen LogP contribution in [0.1, 0.15) is 30.5 Å². The van der Waals surface area contributed by atoms with Gasteiger partial charge in [0.2, 0.25) is 5.91 Å². The van der Waals surface area contributed by atoms with Gasteiger partial charge in [0, 0.05) is 50.4 Å². The molecule has 1 N–H and O–H groups in total. The Morgan fingerprint density at radius 1 is 1.11 bits per heavy atom. The van der Waals surface area contributed by atoms with Gasteiger partial charge < -0.3 is 9.72 Å². The van der Waals surface area contributed by atoms with E-state index in [4.69, 9.17) is 16.3 Å². The van der Waals surface area contributed by atoms with Gasteiger partial charge in [-0.15, -0.1) is 0 Å². The van der Waals surface area contributed by atoms with Crippen LogP contribution in [0, 0.1) is 0 Å². The van der Waals surface area contributed by atoms with Crippen LogP contribution in [0.5, 0.6) is 5.75 Å². The van der Waals surface area contributed by atoms with Gasteiger partial charge in [-0.05, 0) is 30.3 Å². The summed E-state index contributed by atoms with van der Waals surface area (Å²) >= 11 is 10.2. The van der Waals surface area contributed by atoms with Crippen molar-refractivity contribution in [3.63, 3.8) is 0 Å². The normalized spacial score (nSPS) is 15.4. The first-order chi connectivity index (χ1) is 16.9. The first kappa shape index (κ1) is 23.3. The molecule has 0 fully saturated rings. The van der Waals surface area contributed by atoms with Crippen molar-refractivity contribution in [2.24, 2.45) is 5.10 Å². The summed E-state index contributed by atoms with van der Waals surface area (Å²) in [4.78, 5) is 29.1. The Labute approximate surface area is 215 Å². The zero-order chi connectivity index (χ0) is 24.7. The number of fused-ring (bicyclic) bond motifs is 1. The number of methoxy groups -OCH3 is 1. The van der Waals surface area contributed by atoms with E-state index in [1.807, 2.05) is 60.7 Å². The standard InChI is InChI=1S/C27H21BrClN3O3/c1-15(33)32-23(18-8-4-6-10-24(18)35-2)14-22(31-32)26-25(17-7-3-5-9-20(17)29)19-13-16(28)11-12-21(19)30-27(26)34/h3-13,23H,14H2,1-2H3,(H,30,34)/t23-/m0/s1. The van der Waals surface area contributed by atoms with E-state index in [0.29, 0.717) is 39.5 Å². The van der Waals surface area contributed by atoms with E-state index in [9.17, 15) is 9.59 Å². The van der Waals surface area contributed by atoms with Gasteiger partial charge in [0.1, 0.15) is 5.75 Å². The number of aromatic amines is 1. The van der Waals surface area contributed by atoms with Crippen LogP contribution in [0.4, 0.5) is 0 Å². The summed E-state index contributed by atoms with van der Waals surface area (Å²) in [5, 5.41) is 7.43. The van der Waals surface area contributed by atoms with E-state index in [-0.39, 0.29) is 11.5 Å². The number of hydrogen-bond acceptors (Lipinski definition) is 4. The third-order valence-electron chi connectivity index (χ3n) is 6.14. The molecule has 6 nitrogen and oxygen atoms in total. The molecule has 0 bridgehead atoms. The first-order valence-corrected chi connectivity index (χ1v) is 12.2. The summed E-state index contributed by atoms with van der Waals surface area (Å²) in [5.41, 5.74) is 3.51. The molecule has 0 aliphatic carbocycles. The fraction of sp³-hybridized carbons (Fsp3) is 0.148. The Morgan fingerprint density at radius 2 is 1.86 bits per heavy atom. The molecule has 0 spiro atoms. The van der Waals surface area contributed by atoms with Gasteiger partial charge in [0.15, 0.2) is 0 Å². The molecule has 0 saturated heterocycles. The molecule has 5 rings (SSSR count). The number of pyridine rings is 1. The number of amides is 1. The predicted molar refractivity (Wildman–Crippen MR) is 142 cm³/mol. The van der Waals surface area contributed by atoms with E-state index >= 15 is 0 Å². The molecule has 176 valence electrons. The minimum atomic E-state index is -0.407. The lowest BCUT2D eigenvalue weighted by atomic mass is 9.91. The second kappa shape index (κ2) is 9.32. The molecule has 35 heavy (non-hydrogen) atoms.